The summed E-state index contributed by atoms with van der Waals surface area (Å²) in [5, 5.41) is 15.2. The summed E-state index contributed by atoms with van der Waals surface area (Å²) in [6.07, 6.45) is 0.811. The van der Waals surface area contributed by atoms with Crippen molar-refractivity contribution >= 4 is 174 Å². The molecule has 4 aliphatic rings. The van der Waals surface area contributed by atoms with Crippen molar-refractivity contribution in [3.05, 3.63) is 325 Å². The van der Waals surface area contributed by atoms with Gasteiger partial charge in [0, 0.05) is 59.0 Å². The molecule has 0 radical (unpaired) electrons. The predicted octanol–water partition coefficient (Wildman–Crippen LogP) is 27.4. The third-order valence-electron chi connectivity index (χ3n) is 19.0. The van der Waals surface area contributed by atoms with Crippen molar-refractivity contribution in [2.24, 2.45) is 0 Å². The fraction of sp³-hybridized carbons (Fsp3) is 0.116. The van der Waals surface area contributed by atoms with Gasteiger partial charge in [0.05, 0.1) is 85.7 Å². The third kappa shape index (κ3) is 16.0. The largest absolute Gasteiger partial charge is 0.333 e. The average Bonchev–Trinajstić information content (AvgIpc) is 0.768. The van der Waals surface area contributed by atoms with Crippen molar-refractivity contribution < 1.29 is 36.7 Å². The normalized spacial score (nSPS) is 13.2. The maximum atomic E-state index is 14.6. The minimum absolute atomic E-state index is 0. The lowest BCUT2D eigenvalue weighted by Gasteiger charge is -2.32. The number of anilines is 8. The summed E-state index contributed by atoms with van der Waals surface area (Å²) in [6, 6.07) is 59.4. The fourth-order valence-corrected chi connectivity index (χ4v) is 16.6. The number of carbonyl (C=O) groups excluding carboxylic acids is 4. The Balaban J connectivity index is 0.000000137. The summed E-state index contributed by atoms with van der Waals surface area (Å²) >= 11 is 57.2. The number of halogens is 13. The molecular weight excluding hydrogens is 1600 g/mol. The monoisotopic (exact) mass is 1660 g/mol. The lowest BCUT2D eigenvalue weighted by Crippen LogP contribution is -2.41. The molecule has 0 saturated carbocycles. The Kier molecular flexibility index (Phi) is 24.9. The SMILES string of the molecule is C.CCc1c(Cl)cccc1-c1cccc2c1CNC(=O)N2c1c(Cl)cccc1Cl.Cc1cc(F)ccc1-c1cccc2c1CNC(=O)N2c1c(Cl)cccc1Cl.Cc1cc(F)ccc1-c1cccc2c1CNC(=O)N2c1c(Cl)cccc1Cl.Cc1ccc(F)c(F)c1-c1cccc2c1CNC(=O)N2c1c(Cl)cccc1Cl. The van der Waals surface area contributed by atoms with Gasteiger partial charge in [0.25, 0.3) is 0 Å². The Labute approximate surface area is 683 Å². The first-order valence-electron chi connectivity index (χ1n) is 34.2. The highest BCUT2D eigenvalue weighted by atomic mass is 35.5. The minimum Gasteiger partial charge on any atom is -0.333 e. The first-order valence-corrected chi connectivity index (χ1v) is 37.6. The van der Waals surface area contributed by atoms with Crippen molar-refractivity contribution in [1.82, 2.24) is 21.3 Å². The number of nitrogens with one attached hydrogen (secondary N) is 4. The number of fused-ring (bicyclic) bond motifs is 4. The molecule has 12 aromatic rings. The first kappa shape index (κ1) is 80.6. The number of amides is 8. The van der Waals surface area contributed by atoms with E-state index in [4.69, 9.17) is 104 Å². The summed E-state index contributed by atoms with van der Waals surface area (Å²) in [6.45, 7) is 8.82. The van der Waals surface area contributed by atoms with E-state index in [1.165, 1.54) is 45.0 Å². The van der Waals surface area contributed by atoms with Gasteiger partial charge in [0.15, 0.2) is 11.6 Å². The van der Waals surface area contributed by atoms with E-state index >= 15 is 0 Å². The quantitative estimate of drug-likeness (QED) is 0.107. The standard InChI is InChI=1S/C22H17Cl3N2O.C21H14Cl2F2N2O.2C21H15Cl2FN2O.CH4/c1-2-13-14(6-3-8-17(13)23)15-7-4-11-20-16(15)12-26-22(28)27(20)21-18(24)9-5-10-19(21)25;1-11-8-9-16(24)19(25)18(11)12-4-2-7-17-13(12)10-26-21(28)27(17)20-14(22)5-3-6-15(20)23;2*1-12-10-13(24)8-9-14(12)15-4-2-7-19-16(15)11-25-21(27)26(19)20-17(22)5-3-6-18(20)23;/h3-11H,2,12H2,1H3,(H,26,28);2-9H,10H2,1H3,(H,26,28);2*2-10H,11H2,1H3,(H,25,27);1H4. The number of urea groups is 4. The van der Waals surface area contributed by atoms with Crippen molar-refractivity contribution in [3.8, 4) is 44.5 Å². The van der Waals surface area contributed by atoms with Crippen LogP contribution in [0.15, 0.2) is 212 Å². The Morgan fingerprint density at radius 3 is 0.901 bits per heavy atom. The van der Waals surface area contributed by atoms with Crippen LogP contribution in [0.4, 0.5) is 82.2 Å². The average molecular weight is 1670 g/mol. The number of aryl methyl sites for hydroxylation is 3. The van der Waals surface area contributed by atoms with Gasteiger partial charge >= 0.3 is 24.1 Å². The van der Waals surface area contributed by atoms with Crippen LogP contribution in [0.5, 0.6) is 0 Å². The van der Waals surface area contributed by atoms with Crippen LogP contribution >= 0.6 is 104 Å². The number of carbonyl (C=O) groups is 4. The van der Waals surface area contributed by atoms with Crippen molar-refractivity contribution in [2.45, 2.75) is 67.7 Å². The minimum atomic E-state index is -0.927. The highest BCUT2D eigenvalue weighted by Crippen LogP contribution is 2.50. The van der Waals surface area contributed by atoms with Gasteiger partial charge in [-0.3, -0.25) is 19.6 Å². The zero-order valence-corrected chi connectivity index (χ0v) is 65.4. The molecule has 25 heteroatoms. The molecular formula is C86H65Cl9F4N8O4. The van der Waals surface area contributed by atoms with E-state index < -0.39 is 17.7 Å². The second kappa shape index (κ2) is 34.3. The molecule has 0 saturated heterocycles. The van der Waals surface area contributed by atoms with Crippen LogP contribution in [0.25, 0.3) is 44.5 Å². The number of hydrogen-bond donors (Lipinski definition) is 4. The Morgan fingerprint density at radius 2 is 0.586 bits per heavy atom. The molecule has 4 heterocycles. The van der Waals surface area contributed by atoms with E-state index in [0.717, 1.165) is 90.0 Å². The van der Waals surface area contributed by atoms with Crippen molar-refractivity contribution in [3.63, 3.8) is 0 Å². The molecule has 8 amide bonds. The summed E-state index contributed by atoms with van der Waals surface area (Å²) in [5.74, 6) is -2.41. The van der Waals surface area contributed by atoms with Gasteiger partial charge in [0.2, 0.25) is 0 Å². The summed E-state index contributed by atoms with van der Waals surface area (Å²) in [4.78, 5) is 56.7. The molecule has 0 bridgehead atoms. The molecule has 0 aliphatic carbocycles. The van der Waals surface area contributed by atoms with Crippen LogP contribution in [0.2, 0.25) is 45.2 Å². The molecule has 12 nitrogen and oxygen atoms in total. The second-order valence-corrected chi connectivity index (χ2v) is 29.2. The molecule has 564 valence electrons. The van der Waals surface area contributed by atoms with Gasteiger partial charge in [0.1, 0.15) is 11.6 Å². The van der Waals surface area contributed by atoms with E-state index in [9.17, 15) is 36.7 Å². The van der Waals surface area contributed by atoms with Gasteiger partial charge in [-0.1, -0.05) is 222 Å². The highest BCUT2D eigenvalue weighted by molar-refractivity contribution is 6.43. The smallest absolute Gasteiger partial charge is 0.326 e. The van der Waals surface area contributed by atoms with Crippen LogP contribution in [-0.2, 0) is 32.6 Å². The zero-order valence-electron chi connectivity index (χ0n) is 58.6. The molecule has 0 fully saturated rings. The fourth-order valence-electron chi connectivity index (χ4n) is 14.0. The molecule has 0 spiro atoms. The summed E-state index contributed by atoms with van der Waals surface area (Å²) in [7, 11) is 0. The van der Waals surface area contributed by atoms with Gasteiger partial charge in [-0.05, 0) is 198 Å². The van der Waals surface area contributed by atoms with Crippen molar-refractivity contribution in [2.75, 3.05) is 19.6 Å². The lowest BCUT2D eigenvalue weighted by atomic mass is 9.92. The van der Waals surface area contributed by atoms with Crippen molar-refractivity contribution in [1.29, 1.82) is 0 Å². The lowest BCUT2D eigenvalue weighted by molar-refractivity contribution is 0.246. The first-order chi connectivity index (χ1) is 52.9. The highest BCUT2D eigenvalue weighted by Gasteiger charge is 2.36. The van der Waals surface area contributed by atoms with E-state index in [0.29, 0.717) is 116 Å². The van der Waals surface area contributed by atoms with Gasteiger partial charge < -0.3 is 21.3 Å². The molecule has 12 aromatic carbocycles. The zero-order chi connectivity index (χ0) is 78.1. The summed E-state index contributed by atoms with van der Waals surface area (Å²) in [5.41, 5.74) is 17.6. The van der Waals surface area contributed by atoms with Gasteiger partial charge in [-0.2, -0.15) is 0 Å². The van der Waals surface area contributed by atoms with E-state index in [1.807, 2.05) is 80.6 Å². The van der Waals surface area contributed by atoms with E-state index in [1.54, 1.807) is 115 Å². The molecule has 4 aliphatic heterocycles. The maximum absolute atomic E-state index is 14.6. The number of hydrogen-bond acceptors (Lipinski definition) is 4. The number of para-hydroxylation sites is 4. The molecule has 16 rings (SSSR count). The van der Waals surface area contributed by atoms with Crippen LogP contribution < -0.4 is 40.9 Å². The van der Waals surface area contributed by atoms with E-state index in [-0.39, 0.29) is 49.3 Å². The Morgan fingerprint density at radius 1 is 0.315 bits per heavy atom. The van der Waals surface area contributed by atoms with Crippen LogP contribution in [0.1, 0.15) is 58.9 Å². The second-order valence-electron chi connectivity index (χ2n) is 25.6. The number of rotatable bonds is 9. The predicted molar refractivity (Wildman–Crippen MR) is 446 cm³/mol. The van der Waals surface area contributed by atoms with E-state index in [2.05, 4.69) is 34.3 Å². The molecule has 0 atom stereocenters. The van der Waals surface area contributed by atoms with Gasteiger partial charge in [-0.15, -0.1) is 0 Å². The maximum Gasteiger partial charge on any atom is 0.326 e. The Hall–Kier alpha value is -9.95. The Bertz CT molecular complexity index is 5470. The van der Waals surface area contributed by atoms with Gasteiger partial charge in [-0.25, -0.2) is 36.7 Å². The number of nitrogens with zero attached hydrogens (tertiary/aromatic N) is 4. The number of benzene rings is 12. The third-order valence-corrected chi connectivity index (χ3v) is 21.8. The summed E-state index contributed by atoms with van der Waals surface area (Å²) < 4.78 is 55.6. The molecule has 0 unspecified atom stereocenters. The molecule has 111 heavy (non-hydrogen) atoms. The topological polar surface area (TPSA) is 129 Å². The molecule has 4 N–H and O–H groups in total. The van der Waals surface area contributed by atoms with Crippen LogP contribution in [0.3, 0.4) is 0 Å². The van der Waals surface area contributed by atoms with Crippen LogP contribution in [0, 0.1) is 44.0 Å². The van der Waals surface area contributed by atoms with Crippen LogP contribution in [-0.4, -0.2) is 24.1 Å². The molecule has 0 aromatic heterocycles.